The number of nitrogens with one attached hydrogen (secondary N) is 1. The highest BCUT2D eigenvalue weighted by atomic mass is 35.5. The minimum absolute atomic E-state index is 0. The zero-order chi connectivity index (χ0) is 12.3. The molecule has 0 bridgehead atoms. The Hall–Kier alpha value is -0.840. The summed E-state index contributed by atoms with van der Waals surface area (Å²) in [4.78, 5) is 0. The van der Waals surface area contributed by atoms with Crippen LogP contribution in [-0.2, 0) is 0 Å². The number of hydrogen-bond donors (Lipinski definition) is 2. The van der Waals surface area contributed by atoms with Crippen LogP contribution in [0.3, 0.4) is 0 Å². The number of halogens is 2. The van der Waals surface area contributed by atoms with Crippen molar-refractivity contribution in [2.75, 3.05) is 20.2 Å². The van der Waals surface area contributed by atoms with Gasteiger partial charge >= 0.3 is 0 Å². The van der Waals surface area contributed by atoms with Crippen LogP contribution in [0.25, 0.3) is 0 Å². The second-order valence-electron chi connectivity index (χ2n) is 4.50. The minimum atomic E-state index is -0.268. The van der Waals surface area contributed by atoms with Crippen LogP contribution in [0, 0.1) is 11.7 Å². The summed E-state index contributed by atoms with van der Waals surface area (Å²) in [6.45, 7) is 1.94. The fourth-order valence-electron chi connectivity index (χ4n) is 2.36. The second kappa shape index (κ2) is 6.92. The minimum Gasteiger partial charge on any atom is -0.497 e. The van der Waals surface area contributed by atoms with Crippen LogP contribution < -0.4 is 15.8 Å². The van der Waals surface area contributed by atoms with Crippen LogP contribution in [0.15, 0.2) is 18.2 Å². The number of ether oxygens (including phenoxy) is 1. The lowest BCUT2D eigenvalue weighted by molar-refractivity contribution is 0.316. The quantitative estimate of drug-likeness (QED) is 0.889. The molecule has 0 saturated carbocycles. The molecule has 5 heteroatoms. The summed E-state index contributed by atoms with van der Waals surface area (Å²) >= 11 is 0. The molecule has 2 rings (SSSR count). The van der Waals surface area contributed by atoms with Crippen molar-refractivity contribution >= 4 is 12.4 Å². The summed E-state index contributed by atoms with van der Waals surface area (Å²) in [7, 11) is 1.53. The molecule has 0 aliphatic carbocycles. The highest BCUT2D eigenvalue weighted by Gasteiger charge is 2.23. The van der Waals surface area contributed by atoms with Gasteiger partial charge in [-0.25, -0.2) is 4.39 Å². The van der Waals surface area contributed by atoms with E-state index in [1.54, 1.807) is 12.1 Å². The van der Waals surface area contributed by atoms with E-state index >= 15 is 0 Å². The molecule has 0 amide bonds. The zero-order valence-electron chi connectivity index (χ0n) is 10.5. The van der Waals surface area contributed by atoms with Crippen LogP contribution in [0.1, 0.15) is 24.4 Å². The predicted octanol–water partition coefficient (Wildman–Crippen LogP) is 2.26. The van der Waals surface area contributed by atoms with Crippen LogP contribution in [0.2, 0.25) is 0 Å². The first-order chi connectivity index (χ1) is 8.22. The summed E-state index contributed by atoms with van der Waals surface area (Å²) < 4.78 is 18.9. The first kappa shape index (κ1) is 15.2. The van der Waals surface area contributed by atoms with Crippen molar-refractivity contribution in [3.8, 4) is 5.75 Å². The van der Waals surface area contributed by atoms with Gasteiger partial charge in [0.2, 0.25) is 0 Å². The third-order valence-electron chi connectivity index (χ3n) is 3.46. The Morgan fingerprint density at radius 2 is 2.06 bits per heavy atom. The van der Waals surface area contributed by atoms with Gasteiger partial charge in [0, 0.05) is 17.7 Å². The molecular weight excluding hydrogens is 255 g/mol. The number of piperidine rings is 1. The Morgan fingerprint density at radius 1 is 1.39 bits per heavy atom. The van der Waals surface area contributed by atoms with E-state index in [0.717, 1.165) is 25.9 Å². The van der Waals surface area contributed by atoms with Gasteiger partial charge in [-0.2, -0.15) is 0 Å². The summed E-state index contributed by atoms with van der Waals surface area (Å²) in [5, 5.41) is 3.28. The van der Waals surface area contributed by atoms with E-state index in [0.29, 0.717) is 17.2 Å². The van der Waals surface area contributed by atoms with E-state index in [9.17, 15) is 4.39 Å². The second-order valence-corrected chi connectivity index (χ2v) is 4.50. The van der Waals surface area contributed by atoms with E-state index in [-0.39, 0.29) is 24.3 Å². The van der Waals surface area contributed by atoms with E-state index in [1.807, 2.05) is 0 Å². The van der Waals surface area contributed by atoms with E-state index in [2.05, 4.69) is 5.32 Å². The Balaban J connectivity index is 0.00000162. The van der Waals surface area contributed by atoms with Crippen LogP contribution in [0.4, 0.5) is 4.39 Å². The van der Waals surface area contributed by atoms with Gasteiger partial charge in [0.05, 0.1) is 7.11 Å². The summed E-state index contributed by atoms with van der Waals surface area (Å²) in [6.07, 6.45) is 2.01. The molecule has 1 saturated heterocycles. The number of rotatable bonds is 3. The van der Waals surface area contributed by atoms with Crippen molar-refractivity contribution in [3.05, 3.63) is 29.6 Å². The average Bonchev–Trinajstić information content (AvgIpc) is 2.39. The average molecular weight is 275 g/mol. The molecule has 3 N–H and O–H groups in total. The van der Waals surface area contributed by atoms with E-state index in [1.165, 1.54) is 13.2 Å². The van der Waals surface area contributed by atoms with Gasteiger partial charge in [-0.15, -0.1) is 12.4 Å². The van der Waals surface area contributed by atoms with Crippen LogP contribution in [0.5, 0.6) is 5.75 Å². The topological polar surface area (TPSA) is 47.3 Å². The molecule has 1 heterocycles. The van der Waals surface area contributed by atoms with Crippen LogP contribution in [-0.4, -0.2) is 20.2 Å². The van der Waals surface area contributed by atoms with E-state index in [4.69, 9.17) is 10.5 Å². The molecular formula is C13H20ClFN2O. The normalized spacial score (nSPS) is 17.9. The van der Waals surface area contributed by atoms with Gasteiger partial charge in [-0.1, -0.05) is 6.07 Å². The molecule has 1 aliphatic rings. The summed E-state index contributed by atoms with van der Waals surface area (Å²) in [5.74, 6) is 0.623. The Labute approximate surface area is 113 Å². The third kappa shape index (κ3) is 3.34. The molecule has 1 aromatic rings. The number of benzene rings is 1. The maximum absolute atomic E-state index is 13.9. The predicted molar refractivity (Wildman–Crippen MR) is 72.7 cm³/mol. The van der Waals surface area contributed by atoms with Crippen molar-refractivity contribution in [1.29, 1.82) is 0 Å². The summed E-state index contributed by atoms with van der Waals surface area (Å²) in [5.41, 5.74) is 6.75. The Morgan fingerprint density at radius 3 is 2.61 bits per heavy atom. The Kier molecular flexibility index (Phi) is 5.85. The lowest BCUT2D eigenvalue weighted by atomic mass is 9.86. The molecule has 0 spiro atoms. The molecule has 0 unspecified atom stereocenters. The summed E-state index contributed by atoms with van der Waals surface area (Å²) in [6, 6.07) is 4.68. The molecule has 0 radical (unpaired) electrons. The number of nitrogens with two attached hydrogens (primary N) is 1. The lowest BCUT2D eigenvalue weighted by Crippen LogP contribution is -2.34. The fourth-order valence-corrected chi connectivity index (χ4v) is 2.36. The van der Waals surface area contributed by atoms with Gasteiger partial charge in [-0.3, -0.25) is 0 Å². The smallest absolute Gasteiger partial charge is 0.131 e. The highest BCUT2D eigenvalue weighted by molar-refractivity contribution is 5.85. The van der Waals surface area contributed by atoms with Gasteiger partial charge < -0.3 is 15.8 Å². The molecule has 1 aromatic carbocycles. The van der Waals surface area contributed by atoms with Gasteiger partial charge in [0.25, 0.3) is 0 Å². The van der Waals surface area contributed by atoms with Gasteiger partial charge in [-0.05, 0) is 37.9 Å². The standard InChI is InChI=1S/C13H19FN2O.ClH/c1-17-10-2-3-11(12(14)8-10)13(15)9-4-6-16-7-5-9;/h2-3,8-9,13,16H,4-7,15H2,1H3;1H/t13-;/m1./s1. The Bertz CT molecular complexity index is 383. The number of hydrogen-bond acceptors (Lipinski definition) is 3. The largest absolute Gasteiger partial charge is 0.497 e. The van der Waals surface area contributed by atoms with Crippen LogP contribution >= 0.6 is 12.4 Å². The SMILES string of the molecule is COc1ccc([C@H](N)C2CCNCC2)c(F)c1.Cl. The van der Waals surface area contributed by atoms with E-state index < -0.39 is 0 Å². The zero-order valence-corrected chi connectivity index (χ0v) is 11.3. The fraction of sp³-hybridized carbons (Fsp3) is 0.538. The van der Waals surface area contributed by atoms with Gasteiger partial charge in [0.1, 0.15) is 11.6 Å². The van der Waals surface area contributed by atoms with Crippen molar-refractivity contribution < 1.29 is 9.13 Å². The van der Waals surface area contributed by atoms with Crippen molar-refractivity contribution in [3.63, 3.8) is 0 Å². The maximum Gasteiger partial charge on any atom is 0.131 e. The van der Waals surface area contributed by atoms with Gasteiger partial charge in [0.15, 0.2) is 0 Å². The van der Waals surface area contributed by atoms with Crippen molar-refractivity contribution in [2.45, 2.75) is 18.9 Å². The van der Waals surface area contributed by atoms with Crippen molar-refractivity contribution in [2.24, 2.45) is 11.7 Å². The molecule has 0 aromatic heterocycles. The highest BCUT2D eigenvalue weighted by Crippen LogP contribution is 2.29. The molecule has 102 valence electrons. The lowest BCUT2D eigenvalue weighted by Gasteiger charge is -2.28. The molecule has 1 aliphatic heterocycles. The maximum atomic E-state index is 13.9. The molecule has 1 atom stereocenters. The third-order valence-corrected chi connectivity index (χ3v) is 3.46. The number of methoxy groups -OCH3 is 1. The molecule has 1 fully saturated rings. The first-order valence-corrected chi connectivity index (χ1v) is 6.02. The molecule has 3 nitrogen and oxygen atoms in total. The monoisotopic (exact) mass is 274 g/mol. The first-order valence-electron chi connectivity index (χ1n) is 6.02. The van der Waals surface area contributed by atoms with Crippen molar-refractivity contribution in [1.82, 2.24) is 5.32 Å². The molecule has 18 heavy (non-hydrogen) atoms.